The first-order valence-corrected chi connectivity index (χ1v) is 7.19. The molecule has 116 valence electrons. The number of aliphatic carboxylic acids is 1. The lowest BCUT2D eigenvalue weighted by atomic mass is 10.1. The molecule has 0 heterocycles. The Morgan fingerprint density at radius 3 is 2.68 bits per heavy atom. The minimum absolute atomic E-state index is 0.0141. The molecule has 0 unspecified atom stereocenters. The van der Waals surface area contributed by atoms with E-state index in [0.29, 0.717) is 15.8 Å². The van der Waals surface area contributed by atoms with E-state index in [1.54, 1.807) is 32.0 Å². The summed E-state index contributed by atoms with van der Waals surface area (Å²) >= 11 is 3.26. The summed E-state index contributed by atoms with van der Waals surface area (Å²) in [4.78, 5) is 22.3. The van der Waals surface area contributed by atoms with Crippen LogP contribution in [0.1, 0.15) is 19.4 Å². The van der Waals surface area contributed by atoms with E-state index in [9.17, 15) is 9.59 Å². The molecule has 0 saturated carbocycles. The minimum atomic E-state index is -1.08. The summed E-state index contributed by atoms with van der Waals surface area (Å²) in [5.74, 6) is -1.16. The average Bonchev–Trinajstić information content (AvgIpc) is 2.42. The van der Waals surface area contributed by atoms with Gasteiger partial charge < -0.3 is 15.2 Å². The molecule has 0 aliphatic carbocycles. The second-order valence-corrected chi connectivity index (χ2v) is 5.52. The molecule has 1 aromatic rings. The Labute approximate surface area is 136 Å². The van der Waals surface area contributed by atoms with Crippen LogP contribution < -0.4 is 10.1 Å². The van der Waals surface area contributed by atoms with Gasteiger partial charge >= 0.3 is 5.97 Å². The molecule has 0 aliphatic heterocycles. The number of carbonyl (C=O) groups excluding carboxylic acids is 1. The van der Waals surface area contributed by atoms with Gasteiger partial charge in [0.15, 0.2) is 6.61 Å². The number of rotatable bonds is 6. The Kier molecular flexibility index (Phi) is 6.60. The number of hydrogen-bond donors (Lipinski definition) is 2. The summed E-state index contributed by atoms with van der Waals surface area (Å²) in [7, 11) is 0. The van der Waals surface area contributed by atoms with Gasteiger partial charge in [0, 0.05) is 6.04 Å². The molecule has 1 aromatic carbocycles. The topological polar surface area (TPSA) is 99.4 Å². The number of carboxylic acids is 1. The highest BCUT2D eigenvalue weighted by Crippen LogP contribution is 2.27. The highest BCUT2D eigenvalue weighted by atomic mass is 79.9. The molecule has 7 heteroatoms. The van der Waals surface area contributed by atoms with Crippen LogP contribution in [0, 0.1) is 11.3 Å². The van der Waals surface area contributed by atoms with Gasteiger partial charge in [0.25, 0.3) is 5.91 Å². The van der Waals surface area contributed by atoms with Gasteiger partial charge in [-0.15, -0.1) is 0 Å². The van der Waals surface area contributed by atoms with Crippen LogP contribution in [0.15, 0.2) is 28.2 Å². The number of hydrogen-bond acceptors (Lipinski definition) is 4. The van der Waals surface area contributed by atoms with E-state index in [2.05, 4.69) is 21.2 Å². The van der Waals surface area contributed by atoms with Gasteiger partial charge in [0.2, 0.25) is 0 Å². The highest BCUT2D eigenvalue weighted by molar-refractivity contribution is 9.10. The zero-order valence-corrected chi connectivity index (χ0v) is 13.7. The molecule has 0 aromatic heterocycles. The monoisotopic (exact) mass is 366 g/mol. The lowest BCUT2D eigenvalue weighted by Crippen LogP contribution is -2.30. The molecule has 1 amide bonds. The second kappa shape index (κ2) is 8.20. The number of halogens is 1. The van der Waals surface area contributed by atoms with Crippen LogP contribution in [0.25, 0.3) is 6.08 Å². The van der Waals surface area contributed by atoms with Crippen LogP contribution in [-0.4, -0.2) is 29.6 Å². The number of carbonyl (C=O) groups is 2. The first-order chi connectivity index (χ1) is 10.3. The van der Waals surface area contributed by atoms with E-state index in [1.165, 1.54) is 6.08 Å². The third-order valence-electron chi connectivity index (χ3n) is 2.40. The maximum atomic E-state index is 11.8. The summed E-state index contributed by atoms with van der Waals surface area (Å²) in [5.41, 5.74) is 0.602. The van der Waals surface area contributed by atoms with Crippen LogP contribution in [0.5, 0.6) is 5.75 Å². The van der Waals surface area contributed by atoms with Gasteiger partial charge in [0.1, 0.15) is 17.4 Å². The smallest absolute Gasteiger partial charge is 0.341 e. The Bertz CT molecular complexity index is 647. The fraction of sp³-hybridized carbons (Fsp3) is 0.267. The molecule has 0 atom stereocenters. The summed E-state index contributed by atoms with van der Waals surface area (Å²) < 4.78 is 5.60. The quantitative estimate of drug-likeness (QED) is 0.594. The Hall–Kier alpha value is -2.33. The van der Waals surface area contributed by atoms with Gasteiger partial charge in [-0.05, 0) is 53.5 Å². The van der Waals surface area contributed by atoms with Crippen molar-refractivity contribution in [2.24, 2.45) is 0 Å². The zero-order valence-electron chi connectivity index (χ0n) is 12.1. The third kappa shape index (κ3) is 5.58. The SMILES string of the molecule is CC(C)NC(=O)/C(C#N)=C/c1ccc(OCC(=O)O)c(Br)c1. The van der Waals surface area contributed by atoms with Crippen LogP contribution in [0.2, 0.25) is 0 Å². The van der Waals surface area contributed by atoms with Crippen LogP contribution in [0.4, 0.5) is 0 Å². The van der Waals surface area contributed by atoms with E-state index in [-0.39, 0.29) is 11.6 Å². The average molecular weight is 367 g/mol. The molecule has 22 heavy (non-hydrogen) atoms. The Morgan fingerprint density at radius 2 is 2.18 bits per heavy atom. The number of nitrogens with one attached hydrogen (secondary N) is 1. The van der Waals surface area contributed by atoms with Crippen molar-refractivity contribution in [3.63, 3.8) is 0 Å². The predicted molar refractivity (Wildman–Crippen MR) is 84.1 cm³/mol. The summed E-state index contributed by atoms with van der Waals surface area (Å²) in [6.45, 7) is 3.16. The number of carboxylic acid groups (broad SMARTS) is 1. The number of amides is 1. The maximum Gasteiger partial charge on any atom is 0.341 e. The van der Waals surface area contributed by atoms with Gasteiger partial charge in [-0.25, -0.2) is 4.79 Å². The molecule has 0 spiro atoms. The molecular formula is C15H15BrN2O4. The lowest BCUT2D eigenvalue weighted by molar-refractivity contribution is -0.139. The lowest BCUT2D eigenvalue weighted by Gasteiger charge is -2.08. The second-order valence-electron chi connectivity index (χ2n) is 4.67. The molecular weight excluding hydrogens is 352 g/mol. The predicted octanol–water partition coefficient (Wildman–Crippen LogP) is 2.34. The summed E-state index contributed by atoms with van der Waals surface area (Å²) in [6, 6.07) is 6.61. The van der Waals surface area contributed by atoms with Crippen molar-refractivity contribution in [3.05, 3.63) is 33.8 Å². The van der Waals surface area contributed by atoms with Gasteiger partial charge in [-0.3, -0.25) is 4.79 Å². The van der Waals surface area contributed by atoms with Crippen LogP contribution >= 0.6 is 15.9 Å². The molecule has 2 N–H and O–H groups in total. The van der Waals surface area contributed by atoms with E-state index < -0.39 is 18.5 Å². The molecule has 6 nitrogen and oxygen atoms in total. The molecule has 0 bridgehead atoms. The van der Waals surface area contributed by atoms with Crippen LogP contribution in [0.3, 0.4) is 0 Å². The van der Waals surface area contributed by atoms with Crippen molar-refractivity contribution in [3.8, 4) is 11.8 Å². The summed E-state index contributed by atoms with van der Waals surface area (Å²) in [5, 5.41) is 20.3. The first-order valence-electron chi connectivity index (χ1n) is 6.40. The third-order valence-corrected chi connectivity index (χ3v) is 3.02. The van der Waals surface area contributed by atoms with Gasteiger partial charge in [-0.2, -0.15) is 5.26 Å². The molecule has 0 saturated heterocycles. The largest absolute Gasteiger partial charge is 0.481 e. The molecule has 1 rings (SSSR count). The van der Waals surface area contributed by atoms with Gasteiger partial charge in [0.05, 0.1) is 4.47 Å². The zero-order chi connectivity index (χ0) is 16.7. The van der Waals surface area contributed by atoms with E-state index in [4.69, 9.17) is 15.1 Å². The number of nitriles is 1. The molecule has 0 radical (unpaired) electrons. The van der Waals surface area contributed by atoms with E-state index >= 15 is 0 Å². The van der Waals surface area contributed by atoms with Crippen molar-refractivity contribution in [1.82, 2.24) is 5.32 Å². The normalized spacial score (nSPS) is 11.0. The van der Waals surface area contributed by atoms with Crippen LogP contribution in [-0.2, 0) is 9.59 Å². The minimum Gasteiger partial charge on any atom is -0.481 e. The maximum absolute atomic E-state index is 11.8. The summed E-state index contributed by atoms with van der Waals surface area (Å²) in [6.07, 6.45) is 1.45. The fourth-order valence-corrected chi connectivity index (χ4v) is 2.03. The van der Waals surface area contributed by atoms with Crippen molar-refractivity contribution < 1.29 is 19.4 Å². The van der Waals surface area contributed by atoms with Gasteiger partial charge in [-0.1, -0.05) is 6.07 Å². The molecule has 0 aliphatic rings. The Morgan fingerprint density at radius 1 is 1.50 bits per heavy atom. The fourth-order valence-electron chi connectivity index (χ4n) is 1.52. The first kappa shape index (κ1) is 17.7. The van der Waals surface area contributed by atoms with Crippen molar-refractivity contribution in [2.45, 2.75) is 19.9 Å². The van der Waals surface area contributed by atoms with Crippen molar-refractivity contribution in [2.75, 3.05) is 6.61 Å². The van der Waals surface area contributed by atoms with Crippen molar-refractivity contribution >= 4 is 33.9 Å². The highest BCUT2D eigenvalue weighted by Gasteiger charge is 2.11. The number of ether oxygens (including phenoxy) is 1. The Balaban J connectivity index is 2.95. The van der Waals surface area contributed by atoms with Crippen molar-refractivity contribution in [1.29, 1.82) is 5.26 Å². The number of benzene rings is 1. The standard InChI is InChI=1S/C15H15BrN2O4/c1-9(2)18-15(21)11(7-17)5-10-3-4-13(12(16)6-10)22-8-14(19)20/h3-6,9H,8H2,1-2H3,(H,18,21)(H,19,20)/b11-5+. The molecule has 0 fully saturated rings. The number of nitrogens with zero attached hydrogens (tertiary/aromatic N) is 1. The van der Waals surface area contributed by atoms with E-state index in [0.717, 1.165) is 0 Å². The van der Waals surface area contributed by atoms with E-state index in [1.807, 2.05) is 6.07 Å².